The van der Waals surface area contributed by atoms with Gasteiger partial charge in [0.15, 0.2) is 17.6 Å². The summed E-state index contributed by atoms with van der Waals surface area (Å²) in [5.74, 6) is -0.547. The second-order valence-corrected chi connectivity index (χ2v) is 9.88. The fraction of sp³-hybridized carbons (Fsp3) is 0.783. The first kappa shape index (κ1) is 20.6. The van der Waals surface area contributed by atoms with Crippen molar-refractivity contribution in [2.24, 2.45) is 34.5 Å². The van der Waals surface area contributed by atoms with Gasteiger partial charge in [-0.2, -0.15) is 0 Å². The molecular weight excluding hydrogens is 372 g/mol. The molecule has 0 aromatic carbocycles. The first-order valence-corrected chi connectivity index (χ1v) is 10.7. The van der Waals surface area contributed by atoms with Gasteiger partial charge in [-0.3, -0.25) is 14.4 Å². The van der Waals surface area contributed by atoms with E-state index in [1.54, 1.807) is 0 Å². The maximum Gasteiger partial charge on any atom is 0.303 e. The maximum atomic E-state index is 13.8. The fourth-order valence-corrected chi connectivity index (χ4v) is 7.48. The van der Waals surface area contributed by atoms with E-state index in [0.29, 0.717) is 18.8 Å². The average Bonchev–Trinajstić information content (AvgIpc) is 2.63. The Morgan fingerprint density at radius 3 is 2.52 bits per heavy atom. The Balaban J connectivity index is 1.90. The summed E-state index contributed by atoms with van der Waals surface area (Å²) in [5.41, 5.74) is -0.413. The van der Waals surface area contributed by atoms with Gasteiger partial charge in [0.25, 0.3) is 0 Å². The summed E-state index contributed by atoms with van der Waals surface area (Å²) in [7, 11) is 1.53. The van der Waals surface area contributed by atoms with Crippen LogP contribution in [0, 0.1) is 34.5 Å². The lowest BCUT2D eigenvalue weighted by molar-refractivity contribution is -0.226. The number of hydrogen-bond donors (Lipinski definition) is 0. The van der Waals surface area contributed by atoms with Gasteiger partial charge in [-0.25, -0.2) is 0 Å². The molecule has 0 N–H and O–H groups in total. The van der Waals surface area contributed by atoms with E-state index in [4.69, 9.17) is 14.2 Å². The van der Waals surface area contributed by atoms with Crippen LogP contribution >= 0.6 is 0 Å². The molecule has 3 fully saturated rings. The number of methoxy groups -OCH3 is 1. The zero-order valence-corrected chi connectivity index (χ0v) is 18.2. The topological polar surface area (TPSA) is 78.9 Å². The van der Waals surface area contributed by atoms with E-state index in [1.165, 1.54) is 14.0 Å². The van der Waals surface area contributed by atoms with Crippen molar-refractivity contribution < 1.29 is 28.6 Å². The van der Waals surface area contributed by atoms with Crippen molar-refractivity contribution in [1.29, 1.82) is 0 Å². The number of allylic oxidation sites excluding steroid dienone is 2. The van der Waals surface area contributed by atoms with Gasteiger partial charge in [0.05, 0.1) is 13.2 Å². The predicted molar refractivity (Wildman–Crippen MR) is 105 cm³/mol. The van der Waals surface area contributed by atoms with E-state index in [1.807, 2.05) is 13.8 Å². The van der Waals surface area contributed by atoms with Crippen LogP contribution in [0.5, 0.6) is 0 Å². The van der Waals surface area contributed by atoms with Crippen molar-refractivity contribution in [2.75, 3.05) is 13.7 Å². The lowest BCUT2D eigenvalue weighted by atomic mass is 9.39. The van der Waals surface area contributed by atoms with Crippen LogP contribution in [0.2, 0.25) is 0 Å². The molecule has 0 aromatic heterocycles. The summed E-state index contributed by atoms with van der Waals surface area (Å²) in [4.78, 5) is 39.2. The Kier molecular flexibility index (Phi) is 4.72. The van der Waals surface area contributed by atoms with Gasteiger partial charge in [-0.05, 0) is 49.5 Å². The molecule has 0 amide bonds. The standard InChI is InChI=1S/C23H32O6/c1-11-9-16(29-13(3)24)21(26)23(5)15(11)10-17-22(4)14(7-8-28-17)12(2)19(27-6)18(25)20(22)23/h11,14-17,20H,7-10H2,1-6H3/t11-,14+,15+,16+,17-,20+,22-,23+/m1/s1. The SMILES string of the molecule is COC1=C(C)[C@@H]2CCO[C@@H]3C[C@H]4[C@H](C)C[C@H](OC(C)=O)C(=O)[C@]4(C)[C@@H](C1=O)[C@@]32C. The molecule has 1 aliphatic heterocycles. The number of hydrogen-bond acceptors (Lipinski definition) is 6. The summed E-state index contributed by atoms with van der Waals surface area (Å²) in [6.45, 7) is 10.1. The third-order valence-electron chi connectivity index (χ3n) is 8.61. The van der Waals surface area contributed by atoms with E-state index in [0.717, 1.165) is 18.4 Å². The van der Waals surface area contributed by atoms with Gasteiger partial charge >= 0.3 is 5.97 Å². The zero-order valence-electron chi connectivity index (χ0n) is 18.2. The molecule has 0 aromatic rings. The van der Waals surface area contributed by atoms with E-state index >= 15 is 0 Å². The quantitative estimate of drug-likeness (QED) is 0.658. The van der Waals surface area contributed by atoms with Gasteiger partial charge < -0.3 is 14.2 Å². The van der Waals surface area contributed by atoms with E-state index < -0.39 is 28.8 Å². The summed E-state index contributed by atoms with van der Waals surface area (Å²) < 4.78 is 17.2. The molecule has 1 saturated heterocycles. The fourth-order valence-electron chi connectivity index (χ4n) is 7.48. The lowest BCUT2D eigenvalue weighted by Crippen LogP contribution is -2.70. The molecule has 0 spiro atoms. The third-order valence-corrected chi connectivity index (χ3v) is 8.61. The van der Waals surface area contributed by atoms with Gasteiger partial charge in [0, 0.05) is 30.3 Å². The number of fused-ring (bicyclic) bond motifs is 2. The number of carbonyl (C=O) groups is 3. The van der Waals surface area contributed by atoms with Crippen molar-refractivity contribution >= 4 is 17.5 Å². The second-order valence-electron chi connectivity index (χ2n) is 9.88. The monoisotopic (exact) mass is 404 g/mol. The summed E-state index contributed by atoms with van der Waals surface area (Å²) in [6.07, 6.45) is 1.20. The molecule has 6 nitrogen and oxygen atoms in total. The van der Waals surface area contributed by atoms with Crippen LogP contribution in [0.4, 0.5) is 0 Å². The first-order valence-electron chi connectivity index (χ1n) is 10.7. The van der Waals surface area contributed by atoms with E-state index in [9.17, 15) is 14.4 Å². The van der Waals surface area contributed by atoms with Crippen LogP contribution in [0.15, 0.2) is 11.3 Å². The Bertz CT molecular complexity index is 799. The third kappa shape index (κ3) is 2.54. The van der Waals surface area contributed by atoms with Gasteiger partial charge in [0.2, 0.25) is 5.78 Å². The molecule has 0 bridgehead atoms. The summed E-state index contributed by atoms with van der Waals surface area (Å²) in [5, 5.41) is 0. The number of esters is 1. The lowest BCUT2D eigenvalue weighted by Gasteiger charge is -2.65. The highest BCUT2D eigenvalue weighted by atomic mass is 16.5. The molecule has 3 aliphatic carbocycles. The molecule has 8 atom stereocenters. The number of ether oxygens (including phenoxy) is 3. The molecule has 1 heterocycles. The molecule has 6 heteroatoms. The molecule has 0 radical (unpaired) electrons. The minimum absolute atomic E-state index is 0.00379. The van der Waals surface area contributed by atoms with Crippen LogP contribution in [-0.4, -0.2) is 43.5 Å². The van der Waals surface area contributed by atoms with Crippen molar-refractivity contribution in [1.82, 2.24) is 0 Å². The van der Waals surface area contributed by atoms with Crippen LogP contribution in [0.1, 0.15) is 53.9 Å². The van der Waals surface area contributed by atoms with Crippen molar-refractivity contribution in [3.63, 3.8) is 0 Å². The number of Topliss-reactive ketones (excluding diaryl/α,β-unsaturated/α-hetero) is 2. The summed E-state index contributed by atoms with van der Waals surface area (Å²) in [6, 6.07) is 0. The smallest absolute Gasteiger partial charge is 0.303 e. The zero-order chi connectivity index (χ0) is 21.3. The van der Waals surface area contributed by atoms with Crippen molar-refractivity contribution in [3.05, 3.63) is 11.3 Å². The van der Waals surface area contributed by atoms with Gasteiger partial charge in [-0.1, -0.05) is 20.8 Å². The highest BCUT2D eigenvalue weighted by Gasteiger charge is 2.71. The van der Waals surface area contributed by atoms with Crippen molar-refractivity contribution in [2.45, 2.75) is 66.1 Å². The predicted octanol–water partition coefficient (Wildman–Crippen LogP) is 3.08. The Labute approximate surface area is 172 Å². The molecule has 29 heavy (non-hydrogen) atoms. The highest BCUT2D eigenvalue weighted by Crippen LogP contribution is 2.67. The second kappa shape index (κ2) is 6.66. The van der Waals surface area contributed by atoms with E-state index in [-0.39, 0.29) is 35.4 Å². The minimum Gasteiger partial charge on any atom is -0.493 e. The maximum absolute atomic E-state index is 13.8. The van der Waals surface area contributed by atoms with Gasteiger partial charge in [-0.15, -0.1) is 0 Å². The largest absolute Gasteiger partial charge is 0.493 e. The Morgan fingerprint density at radius 2 is 1.90 bits per heavy atom. The number of carbonyl (C=O) groups excluding carboxylic acids is 3. The van der Waals surface area contributed by atoms with Crippen LogP contribution in [0.25, 0.3) is 0 Å². The first-order chi connectivity index (χ1) is 13.6. The highest BCUT2D eigenvalue weighted by molar-refractivity contribution is 6.04. The summed E-state index contributed by atoms with van der Waals surface area (Å²) >= 11 is 0. The van der Waals surface area contributed by atoms with E-state index in [2.05, 4.69) is 13.8 Å². The molecular formula is C23H32O6. The molecule has 160 valence electrons. The van der Waals surface area contributed by atoms with Gasteiger partial charge in [0.1, 0.15) is 0 Å². The molecule has 0 unspecified atom stereocenters. The Hall–Kier alpha value is -1.69. The van der Waals surface area contributed by atoms with Crippen LogP contribution in [0.3, 0.4) is 0 Å². The average molecular weight is 405 g/mol. The normalized spacial score (nSPS) is 46.7. The number of rotatable bonds is 2. The Morgan fingerprint density at radius 1 is 1.21 bits per heavy atom. The number of ketones is 2. The molecule has 4 rings (SSSR count). The minimum atomic E-state index is -0.913. The van der Waals surface area contributed by atoms with Crippen LogP contribution in [-0.2, 0) is 28.6 Å². The van der Waals surface area contributed by atoms with Crippen molar-refractivity contribution in [3.8, 4) is 0 Å². The molecule has 2 saturated carbocycles. The van der Waals surface area contributed by atoms with Crippen LogP contribution < -0.4 is 0 Å². The molecule has 4 aliphatic rings.